The van der Waals surface area contributed by atoms with Crippen LogP contribution in [0, 0.1) is 12.7 Å². The average molecular weight is 286 g/mol. The van der Waals surface area contributed by atoms with Crippen molar-refractivity contribution in [3.05, 3.63) is 59.4 Å². The van der Waals surface area contributed by atoms with E-state index in [4.69, 9.17) is 5.73 Å². The van der Waals surface area contributed by atoms with Crippen molar-refractivity contribution in [1.82, 2.24) is 0 Å². The van der Waals surface area contributed by atoms with Crippen molar-refractivity contribution in [1.29, 1.82) is 0 Å². The third-order valence-electron chi connectivity index (χ3n) is 3.32. The minimum absolute atomic E-state index is 0.126. The molecule has 0 unspecified atom stereocenters. The molecule has 0 atom stereocenters. The van der Waals surface area contributed by atoms with E-state index in [1.54, 1.807) is 24.0 Å². The predicted molar refractivity (Wildman–Crippen MR) is 84.0 cm³/mol. The molecule has 0 saturated heterocycles. The quantitative estimate of drug-likeness (QED) is 0.870. The van der Waals surface area contributed by atoms with Crippen LogP contribution in [0.3, 0.4) is 0 Å². The van der Waals surface area contributed by atoms with Gasteiger partial charge in [-0.3, -0.25) is 4.79 Å². The summed E-state index contributed by atoms with van der Waals surface area (Å²) in [6.07, 6.45) is 0.830. The molecule has 0 aliphatic heterocycles. The molecule has 2 aromatic rings. The Morgan fingerprint density at radius 3 is 2.43 bits per heavy atom. The van der Waals surface area contributed by atoms with Crippen LogP contribution in [-0.2, 0) is 0 Å². The normalized spacial score (nSPS) is 10.4. The van der Waals surface area contributed by atoms with E-state index in [1.807, 2.05) is 19.1 Å². The van der Waals surface area contributed by atoms with Gasteiger partial charge in [0.05, 0.1) is 0 Å². The Labute approximate surface area is 124 Å². The molecule has 0 fully saturated rings. The van der Waals surface area contributed by atoms with Crippen LogP contribution in [0.2, 0.25) is 0 Å². The molecule has 0 saturated carbocycles. The van der Waals surface area contributed by atoms with E-state index >= 15 is 0 Å². The maximum atomic E-state index is 13.2. The fourth-order valence-corrected chi connectivity index (χ4v) is 2.24. The molecule has 110 valence electrons. The number of hydrogen-bond acceptors (Lipinski definition) is 2. The number of nitrogens with zero attached hydrogens (tertiary/aromatic N) is 1. The second-order valence-corrected chi connectivity index (χ2v) is 5.01. The smallest absolute Gasteiger partial charge is 0.258 e. The Balaban J connectivity index is 2.37. The van der Waals surface area contributed by atoms with Gasteiger partial charge in [-0.2, -0.15) is 0 Å². The summed E-state index contributed by atoms with van der Waals surface area (Å²) in [5, 5.41) is 0. The van der Waals surface area contributed by atoms with Gasteiger partial charge in [-0.1, -0.05) is 6.92 Å². The number of anilines is 2. The highest BCUT2D eigenvalue weighted by Gasteiger charge is 2.18. The van der Waals surface area contributed by atoms with Gasteiger partial charge in [0.25, 0.3) is 5.91 Å². The number of amides is 1. The minimum Gasteiger partial charge on any atom is -0.399 e. The van der Waals surface area contributed by atoms with Crippen LogP contribution in [0.15, 0.2) is 42.5 Å². The molecule has 0 bridgehead atoms. The highest BCUT2D eigenvalue weighted by atomic mass is 19.1. The first-order valence-corrected chi connectivity index (χ1v) is 6.96. The van der Waals surface area contributed by atoms with Crippen molar-refractivity contribution in [3.8, 4) is 0 Å². The topological polar surface area (TPSA) is 46.3 Å². The van der Waals surface area contributed by atoms with E-state index in [0.29, 0.717) is 23.4 Å². The molecule has 0 aliphatic carbocycles. The first kappa shape index (κ1) is 15.0. The van der Waals surface area contributed by atoms with Crippen LogP contribution in [-0.4, -0.2) is 12.5 Å². The van der Waals surface area contributed by atoms with E-state index in [-0.39, 0.29) is 11.7 Å². The molecule has 4 heteroatoms. The number of halogens is 1. The van der Waals surface area contributed by atoms with Crippen LogP contribution in [0.1, 0.15) is 29.3 Å². The van der Waals surface area contributed by atoms with Gasteiger partial charge in [0, 0.05) is 23.5 Å². The van der Waals surface area contributed by atoms with Crippen LogP contribution in [0.5, 0.6) is 0 Å². The molecule has 3 nitrogen and oxygen atoms in total. The summed E-state index contributed by atoms with van der Waals surface area (Å²) in [6.45, 7) is 4.35. The van der Waals surface area contributed by atoms with Gasteiger partial charge >= 0.3 is 0 Å². The van der Waals surface area contributed by atoms with Crippen molar-refractivity contribution < 1.29 is 9.18 Å². The van der Waals surface area contributed by atoms with Crippen molar-refractivity contribution in [2.75, 3.05) is 17.2 Å². The molecule has 0 radical (unpaired) electrons. The van der Waals surface area contributed by atoms with E-state index < -0.39 is 0 Å². The minimum atomic E-state index is -0.335. The molecular weight excluding hydrogens is 267 g/mol. The van der Waals surface area contributed by atoms with Gasteiger partial charge < -0.3 is 10.6 Å². The SMILES string of the molecule is CCCN(C(=O)c1ccc(F)cc1C)c1ccc(N)cc1. The number of benzene rings is 2. The molecule has 21 heavy (non-hydrogen) atoms. The summed E-state index contributed by atoms with van der Waals surface area (Å²) in [6, 6.07) is 11.4. The highest BCUT2D eigenvalue weighted by molar-refractivity contribution is 6.07. The van der Waals surface area contributed by atoms with Crippen LogP contribution in [0.25, 0.3) is 0 Å². The van der Waals surface area contributed by atoms with Crippen LogP contribution in [0.4, 0.5) is 15.8 Å². The van der Waals surface area contributed by atoms with Gasteiger partial charge in [0.1, 0.15) is 5.82 Å². The summed E-state index contributed by atoms with van der Waals surface area (Å²) < 4.78 is 13.2. The molecular formula is C17H19FN2O. The van der Waals surface area contributed by atoms with Gasteiger partial charge in [0.2, 0.25) is 0 Å². The molecule has 0 aliphatic rings. The van der Waals surface area contributed by atoms with Gasteiger partial charge in [-0.05, 0) is 61.4 Å². The molecule has 0 aromatic heterocycles. The Morgan fingerprint density at radius 1 is 1.19 bits per heavy atom. The molecule has 2 aromatic carbocycles. The van der Waals surface area contributed by atoms with Crippen LogP contribution >= 0.6 is 0 Å². The third-order valence-corrected chi connectivity index (χ3v) is 3.32. The Bertz CT molecular complexity index is 638. The van der Waals surface area contributed by atoms with Gasteiger partial charge in [0.15, 0.2) is 0 Å². The molecule has 0 spiro atoms. The van der Waals surface area contributed by atoms with E-state index in [0.717, 1.165) is 12.1 Å². The number of nitrogens with two attached hydrogens (primary N) is 1. The zero-order valence-electron chi connectivity index (χ0n) is 12.3. The van der Waals surface area contributed by atoms with Gasteiger partial charge in [-0.25, -0.2) is 4.39 Å². The number of rotatable bonds is 4. The molecule has 1 amide bonds. The molecule has 2 rings (SSSR count). The monoisotopic (exact) mass is 286 g/mol. The van der Waals surface area contributed by atoms with Crippen molar-refractivity contribution in [2.24, 2.45) is 0 Å². The zero-order valence-corrected chi connectivity index (χ0v) is 12.3. The number of carbonyl (C=O) groups excluding carboxylic acids is 1. The zero-order chi connectivity index (χ0) is 15.4. The van der Waals surface area contributed by atoms with Gasteiger partial charge in [-0.15, -0.1) is 0 Å². The lowest BCUT2D eigenvalue weighted by Crippen LogP contribution is -2.32. The predicted octanol–water partition coefficient (Wildman–Crippen LogP) is 3.77. The number of nitrogen functional groups attached to an aromatic ring is 1. The highest BCUT2D eigenvalue weighted by Crippen LogP contribution is 2.21. The summed E-state index contributed by atoms with van der Waals surface area (Å²) in [4.78, 5) is 14.4. The number of hydrogen-bond donors (Lipinski definition) is 1. The summed E-state index contributed by atoms with van der Waals surface area (Å²) in [5.41, 5.74) is 8.28. The second-order valence-electron chi connectivity index (χ2n) is 5.01. The standard InChI is InChI=1S/C17H19FN2O/c1-3-10-20(15-7-5-14(19)6-8-15)17(21)16-9-4-13(18)11-12(16)2/h4-9,11H,3,10,19H2,1-2H3. The van der Waals surface area contributed by atoms with E-state index in [1.165, 1.54) is 18.2 Å². The largest absolute Gasteiger partial charge is 0.399 e. The third kappa shape index (κ3) is 3.40. The number of aryl methyl sites for hydroxylation is 1. The van der Waals surface area contributed by atoms with E-state index in [9.17, 15) is 9.18 Å². The van der Waals surface area contributed by atoms with Crippen molar-refractivity contribution >= 4 is 17.3 Å². The Hall–Kier alpha value is -2.36. The van der Waals surface area contributed by atoms with Crippen LogP contribution < -0.4 is 10.6 Å². The molecule has 0 heterocycles. The summed E-state index contributed by atoms with van der Waals surface area (Å²) in [7, 11) is 0. The van der Waals surface area contributed by atoms with E-state index in [2.05, 4.69) is 0 Å². The maximum absolute atomic E-state index is 13.2. The fraction of sp³-hybridized carbons (Fsp3) is 0.235. The maximum Gasteiger partial charge on any atom is 0.258 e. The second kappa shape index (κ2) is 6.39. The first-order valence-electron chi connectivity index (χ1n) is 6.96. The Kier molecular flexibility index (Phi) is 4.58. The molecule has 2 N–H and O–H groups in total. The van der Waals surface area contributed by atoms with Crippen molar-refractivity contribution in [2.45, 2.75) is 20.3 Å². The first-order chi connectivity index (χ1) is 10.0. The van der Waals surface area contributed by atoms with Crippen molar-refractivity contribution in [3.63, 3.8) is 0 Å². The fourth-order valence-electron chi connectivity index (χ4n) is 2.24. The Morgan fingerprint density at radius 2 is 1.86 bits per heavy atom. The lowest BCUT2D eigenvalue weighted by Gasteiger charge is -2.23. The number of carbonyl (C=O) groups is 1. The lowest BCUT2D eigenvalue weighted by atomic mass is 10.1. The summed E-state index contributed by atoms with van der Waals surface area (Å²) in [5.74, 6) is -0.460. The summed E-state index contributed by atoms with van der Waals surface area (Å²) >= 11 is 0. The average Bonchev–Trinajstić information content (AvgIpc) is 2.45. The lowest BCUT2D eigenvalue weighted by molar-refractivity contribution is 0.0986.